The number of phenolic OH excluding ortho intramolecular Hbond substituents is 1. The number of rotatable bonds is 3. The van der Waals surface area contributed by atoms with Crippen LogP contribution >= 0.6 is 11.8 Å². The molecule has 2 aromatic carbocycles. The second-order valence-corrected chi connectivity index (χ2v) is 7.33. The van der Waals surface area contributed by atoms with Gasteiger partial charge in [0.1, 0.15) is 5.75 Å². The van der Waals surface area contributed by atoms with Crippen LogP contribution in [0, 0.1) is 0 Å². The van der Waals surface area contributed by atoms with Gasteiger partial charge < -0.3 is 10.0 Å². The van der Waals surface area contributed by atoms with E-state index in [1.54, 1.807) is 17.0 Å². The summed E-state index contributed by atoms with van der Waals surface area (Å²) >= 11 is 0.846. The maximum atomic E-state index is 12.6. The lowest BCUT2D eigenvalue weighted by Crippen LogP contribution is -2.35. The molecule has 2 aliphatic heterocycles. The lowest BCUT2D eigenvalue weighted by molar-refractivity contribution is -0.119. The van der Waals surface area contributed by atoms with Crippen molar-refractivity contribution in [3.05, 3.63) is 64.1 Å². The molecule has 2 aliphatic rings. The van der Waals surface area contributed by atoms with Crippen molar-refractivity contribution in [3.8, 4) is 5.75 Å². The maximum absolute atomic E-state index is 12.6. The normalized spacial score (nSPS) is 18.0. The average Bonchev–Trinajstić information content (AvgIpc) is 2.97. The SMILES string of the molecule is O=C1NC(=O)/C(=C\c2ccc(O)c3c2CCC(=O)N3Cc2ccccc2)S1. The standard InChI is InChI=1S/C20H16N2O4S/c23-15-8-6-13(10-16-19(25)21-20(26)27-16)14-7-9-17(24)22(18(14)15)11-12-4-2-1-3-5-12/h1-6,8,10,23H,7,9,11H2,(H,21,25,26)/b16-10+. The molecule has 6 nitrogen and oxygen atoms in total. The van der Waals surface area contributed by atoms with E-state index in [4.69, 9.17) is 0 Å². The number of benzene rings is 2. The Bertz CT molecular complexity index is 985. The van der Waals surface area contributed by atoms with E-state index in [2.05, 4.69) is 5.32 Å². The van der Waals surface area contributed by atoms with Gasteiger partial charge in [-0.25, -0.2) is 0 Å². The van der Waals surface area contributed by atoms with E-state index in [1.807, 2.05) is 30.3 Å². The smallest absolute Gasteiger partial charge is 0.290 e. The molecule has 0 aromatic heterocycles. The molecule has 0 aliphatic carbocycles. The Labute approximate surface area is 159 Å². The van der Waals surface area contributed by atoms with Gasteiger partial charge in [0.15, 0.2) is 0 Å². The molecule has 0 unspecified atom stereocenters. The molecule has 2 N–H and O–H groups in total. The Morgan fingerprint density at radius 3 is 2.56 bits per heavy atom. The first kappa shape index (κ1) is 17.4. The molecule has 27 heavy (non-hydrogen) atoms. The van der Waals surface area contributed by atoms with E-state index in [1.165, 1.54) is 6.07 Å². The van der Waals surface area contributed by atoms with Gasteiger partial charge in [-0.05, 0) is 47.0 Å². The molecule has 0 bridgehead atoms. The van der Waals surface area contributed by atoms with Crippen LogP contribution in [0.25, 0.3) is 6.08 Å². The summed E-state index contributed by atoms with van der Waals surface area (Å²) in [4.78, 5) is 37.7. The van der Waals surface area contributed by atoms with Crippen LogP contribution in [0.5, 0.6) is 5.75 Å². The van der Waals surface area contributed by atoms with Gasteiger partial charge in [0, 0.05) is 6.42 Å². The number of imide groups is 1. The highest BCUT2D eigenvalue weighted by Crippen LogP contribution is 2.40. The average molecular weight is 380 g/mol. The summed E-state index contributed by atoms with van der Waals surface area (Å²) in [7, 11) is 0. The summed E-state index contributed by atoms with van der Waals surface area (Å²) in [5, 5.41) is 12.3. The number of hydrogen-bond acceptors (Lipinski definition) is 5. The number of nitrogens with one attached hydrogen (secondary N) is 1. The number of hydrogen-bond donors (Lipinski definition) is 2. The van der Waals surface area contributed by atoms with Crippen LogP contribution in [0.3, 0.4) is 0 Å². The predicted molar refractivity (Wildman–Crippen MR) is 103 cm³/mol. The highest BCUT2D eigenvalue weighted by atomic mass is 32.2. The van der Waals surface area contributed by atoms with Crippen LogP contribution in [-0.2, 0) is 22.6 Å². The number of thioether (sulfide) groups is 1. The number of nitrogens with zero attached hydrogens (tertiary/aromatic N) is 1. The zero-order valence-corrected chi connectivity index (χ0v) is 15.1. The second kappa shape index (κ2) is 6.92. The summed E-state index contributed by atoms with van der Waals surface area (Å²) in [5.41, 5.74) is 2.95. The molecule has 3 amide bonds. The number of aromatic hydroxyl groups is 1. The Kier molecular flexibility index (Phi) is 4.45. The molecule has 7 heteroatoms. The van der Waals surface area contributed by atoms with Gasteiger partial charge >= 0.3 is 0 Å². The summed E-state index contributed by atoms with van der Waals surface area (Å²) in [5.74, 6) is -0.467. The van der Waals surface area contributed by atoms with Gasteiger partial charge in [0.2, 0.25) is 5.91 Å². The topological polar surface area (TPSA) is 86.7 Å². The summed E-state index contributed by atoms with van der Waals surface area (Å²) in [6, 6.07) is 12.8. The van der Waals surface area contributed by atoms with Crippen molar-refractivity contribution in [1.82, 2.24) is 5.32 Å². The highest BCUT2D eigenvalue weighted by Gasteiger charge is 2.30. The number of phenols is 1. The van der Waals surface area contributed by atoms with Gasteiger partial charge in [0.05, 0.1) is 17.1 Å². The quantitative estimate of drug-likeness (QED) is 0.799. The molecule has 136 valence electrons. The molecule has 0 atom stereocenters. The molecular weight excluding hydrogens is 364 g/mol. The fourth-order valence-corrected chi connectivity index (χ4v) is 4.00. The van der Waals surface area contributed by atoms with E-state index in [-0.39, 0.29) is 11.7 Å². The molecule has 4 rings (SSSR count). The fraction of sp³-hybridized carbons (Fsp3) is 0.150. The highest BCUT2D eigenvalue weighted by molar-refractivity contribution is 8.18. The van der Waals surface area contributed by atoms with Gasteiger partial charge in [0.25, 0.3) is 11.1 Å². The maximum Gasteiger partial charge on any atom is 0.290 e. The van der Waals surface area contributed by atoms with Crippen molar-refractivity contribution >= 4 is 40.6 Å². The largest absolute Gasteiger partial charge is 0.506 e. The molecule has 1 saturated heterocycles. The lowest BCUT2D eigenvalue weighted by Gasteiger charge is -2.31. The molecular formula is C20H16N2O4S. The monoisotopic (exact) mass is 380 g/mol. The van der Waals surface area contributed by atoms with Crippen molar-refractivity contribution < 1.29 is 19.5 Å². The van der Waals surface area contributed by atoms with Crippen LogP contribution in [-0.4, -0.2) is 22.2 Å². The van der Waals surface area contributed by atoms with Crippen LogP contribution in [0.15, 0.2) is 47.4 Å². The third kappa shape index (κ3) is 3.33. The Balaban J connectivity index is 1.77. The second-order valence-electron chi connectivity index (χ2n) is 6.32. The molecule has 0 radical (unpaired) electrons. The molecule has 0 spiro atoms. The number of carbonyl (C=O) groups excluding carboxylic acids is 3. The van der Waals surface area contributed by atoms with E-state index in [9.17, 15) is 19.5 Å². The molecule has 2 heterocycles. The minimum atomic E-state index is -0.431. The Morgan fingerprint density at radius 1 is 1.07 bits per heavy atom. The van der Waals surface area contributed by atoms with Crippen molar-refractivity contribution in [2.24, 2.45) is 0 Å². The molecule has 1 fully saturated rings. The first-order chi connectivity index (χ1) is 13.0. The number of amides is 3. The number of fused-ring (bicyclic) bond motifs is 1. The number of carbonyl (C=O) groups is 3. The zero-order chi connectivity index (χ0) is 19.0. The predicted octanol–water partition coefficient (Wildman–Crippen LogP) is 3.20. The van der Waals surface area contributed by atoms with Gasteiger partial charge in [-0.15, -0.1) is 0 Å². The summed E-state index contributed by atoms with van der Waals surface area (Å²) < 4.78 is 0. The van der Waals surface area contributed by atoms with Crippen LogP contribution < -0.4 is 10.2 Å². The first-order valence-electron chi connectivity index (χ1n) is 8.47. The van der Waals surface area contributed by atoms with Crippen LogP contribution in [0.1, 0.15) is 23.1 Å². The first-order valence-corrected chi connectivity index (χ1v) is 9.28. The zero-order valence-electron chi connectivity index (χ0n) is 14.3. The van der Waals surface area contributed by atoms with Crippen molar-refractivity contribution in [2.45, 2.75) is 19.4 Å². The van der Waals surface area contributed by atoms with E-state index in [0.29, 0.717) is 30.0 Å². The van der Waals surface area contributed by atoms with Crippen molar-refractivity contribution in [2.75, 3.05) is 4.90 Å². The van der Waals surface area contributed by atoms with Crippen LogP contribution in [0.4, 0.5) is 10.5 Å². The van der Waals surface area contributed by atoms with E-state index in [0.717, 1.165) is 28.5 Å². The lowest BCUT2D eigenvalue weighted by atomic mass is 9.94. The molecule has 0 saturated carbocycles. The van der Waals surface area contributed by atoms with Crippen molar-refractivity contribution in [1.29, 1.82) is 0 Å². The molecule has 2 aromatic rings. The minimum Gasteiger partial charge on any atom is -0.506 e. The third-order valence-corrected chi connectivity index (χ3v) is 5.38. The Hall–Kier alpha value is -3.06. The van der Waals surface area contributed by atoms with Gasteiger partial charge in [-0.1, -0.05) is 36.4 Å². The Morgan fingerprint density at radius 2 is 1.85 bits per heavy atom. The fourth-order valence-electron chi connectivity index (χ4n) is 3.33. The van der Waals surface area contributed by atoms with Crippen molar-refractivity contribution in [3.63, 3.8) is 0 Å². The summed E-state index contributed by atoms with van der Waals surface area (Å²) in [6.07, 6.45) is 2.42. The summed E-state index contributed by atoms with van der Waals surface area (Å²) in [6.45, 7) is 0.355. The van der Waals surface area contributed by atoms with E-state index < -0.39 is 11.1 Å². The van der Waals surface area contributed by atoms with Gasteiger partial charge in [-0.3, -0.25) is 19.7 Å². The van der Waals surface area contributed by atoms with Crippen LogP contribution in [0.2, 0.25) is 0 Å². The van der Waals surface area contributed by atoms with Gasteiger partial charge in [-0.2, -0.15) is 0 Å². The van der Waals surface area contributed by atoms with E-state index >= 15 is 0 Å². The number of anilines is 1. The minimum absolute atomic E-state index is 0.0238. The third-order valence-electron chi connectivity index (χ3n) is 4.57.